The Labute approximate surface area is 173 Å². The average Bonchev–Trinajstić information content (AvgIpc) is 3.24. The Morgan fingerprint density at radius 2 is 1.93 bits per heavy atom. The normalized spacial score (nSPS) is 19.4. The van der Waals surface area contributed by atoms with E-state index in [2.05, 4.69) is 10.3 Å². The van der Waals surface area contributed by atoms with Crippen molar-refractivity contribution in [3.8, 4) is 11.5 Å². The Balaban J connectivity index is 1.61. The van der Waals surface area contributed by atoms with Gasteiger partial charge >= 0.3 is 0 Å². The lowest BCUT2D eigenvalue weighted by Gasteiger charge is -2.39. The number of fused-ring (bicyclic) bond motifs is 2. The van der Waals surface area contributed by atoms with Crippen LogP contribution in [0.3, 0.4) is 0 Å². The number of aromatic nitrogens is 1. The molecule has 30 heavy (non-hydrogen) atoms. The number of nitrogens with zero attached hydrogens (tertiary/aromatic N) is 2. The van der Waals surface area contributed by atoms with Gasteiger partial charge in [0.25, 0.3) is 5.91 Å². The fourth-order valence-electron chi connectivity index (χ4n) is 4.13. The standard InChI is InChI=1S/C23H19N3O4/c1-26-21(14-8-9-18-19(11-14)30-13-29-18)20(16-6-2-3-7-17(16)23(26)28)22(27)25-15-5-4-10-24-12-15/h2-12,20-21H,13H2,1H3,(H,25,27)/t20-,21+/m1/s1. The van der Waals surface area contributed by atoms with Crippen molar-refractivity contribution >= 4 is 17.5 Å². The van der Waals surface area contributed by atoms with Crippen LogP contribution in [0, 0.1) is 0 Å². The first kappa shape index (κ1) is 18.2. The summed E-state index contributed by atoms with van der Waals surface area (Å²) in [5.41, 5.74) is 2.63. The quantitative estimate of drug-likeness (QED) is 0.728. The average molecular weight is 401 g/mol. The fourth-order valence-corrected chi connectivity index (χ4v) is 4.13. The second-order valence-corrected chi connectivity index (χ2v) is 7.27. The van der Waals surface area contributed by atoms with Crippen molar-refractivity contribution in [1.82, 2.24) is 9.88 Å². The van der Waals surface area contributed by atoms with Crippen molar-refractivity contribution in [3.63, 3.8) is 0 Å². The van der Waals surface area contributed by atoms with Crippen LogP contribution in [0.4, 0.5) is 5.69 Å². The highest BCUT2D eigenvalue weighted by molar-refractivity contribution is 6.04. The van der Waals surface area contributed by atoms with Crippen molar-refractivity contribution in [3.05, 3.63) is 83.7 Å². The summed E-state index contributed by atoms with van der Waals surface area (Å²) in [6.07, 6.45) is 3.24. The van der Waals surface area contributed by atoms with Crippen LogP contribution in [0.1, 0.15) is 33.4 Å². The molecule has 0 unspecified atom stereocenters. The molecule has 2 aliphatic rings. The molecule has 0 spiro atoms. The van der Waals surface area contributed by atoms with Gasteiger partial charge in [0.15, 0.2) is 11.5 Å². The highest BCUT2D eigenvalue weighted by Gasteiger charge is 2.43. The summed E-state index contributed by atoms with van der Waals surface area (Å²) in [6.45, 7) is 0.159. The topological polar surface area (TPSA) is 80.8 Å². The van der Waals surface area contributed by atoms with E-state index < -0.39 is 12.0 Å². The lowest BCUT2D eigenvalue weighted by molar-refractivity contribution is -0.119. The molecule has 0 saturated heterocycles. The largest absolute Gasteiger partial charge is 0.454 e. The van der Waals surface area contributed by atoms with E-state index in [-0.39, 0.29) is 18.6 Å². The summed E-state index contributed by atoms with van der Waals surface area (Å²) in [5.74, 6) is 0.319. The highest BCUT2D eigenvalue weighted by atomic mass is 16.7. The van der Waals surface area contributed by atoms with Gasteiger partial charge in [-0.05, 0) is 41.5 Å². The molecule has 0 bridgehead atoms. The number of benzene rings is 2. The van der Waals surface area contributed by atoms with Crippen molar-refractivity contribution in [2.45, 2.75) is 12.0 Å². The van der Waals surface area contributed by atoms with E-state index in [0.717, 1.165) is 5.56 Å². The highest BCUT2D eigenvalue weighted by Crippen LogP contribution is 2.45. The molecule has 3 aromatic rings. The first-order valence-corrected chi connectivity index (χ1v) is 9.60. The van der Waals surface area contributed by atoms with Gasteiger partial charge in [-0.15, -0.1) is 0 Å². The number of hydrogen-bond acceptors (Lipinski definition) is 5. The maximum Gasteiger partial charge on any atom is 0.254 e. The lowest BCUT2D eigenvalue weighted by Crippen LogP contribution is -2.44. The molecule has 0 radical (unpaired) electrons. The zero-order chi connectivity index (χ0) is 20.7. The Kier molecular flexibility index (Phi) is 4.35. The number of amides is 2. The lowest BCUT2D eigenvalue weighted by atomic mass is 9.79. The maximum absolute atomic E-state index is 13.5. The summed E-state index contributed by atoms with van der Waals surface area (Å²) in [6, 6.07) is 15.8. The number of carbonyl (C=O) groups is 2. The number of anilines is 1. The summed E-state index contributed by atoms with van der Waals surface area (Å²) in [5, 5.41) is 2.94. The van der Waals surface area contributed by atoms with E-state index in [9.17, 15) is 9.59 Å². The zero-order valence-electron chi connectivity index (χ0n) is 16.2. The second-order valence-electron chi connectivity index (χ2n) is 7.27. The monoisotopic (exact) mass is 401 g/mol. The molecule has 7 heteroatoms. The molecule has 2 amide bonds. The van der Waals surface area contributed by atoms with Crippen LogP contribution in [0.15, 0.2) is 67.0 Å². The molecule has 2 atom stereocenters. The van der Waals surface area contributed by atoms with Crippen molar-refractivity contribution in [1.29, 1.82) is 0 Å². The van der Waals surface area contributed by atoms with Crippen LogP contribution in [0.5, 0.6) is 11.5 Å². The molecule has 0 saturated carbocycles. The summed E-state index contributed by atoms with van der Waals surface area (Å²) in [4.78, 5) is 32.2. The third-order valence-electron chi connectivity index (χ3n) is 5.53. The molecule has 2 aliphatic heterocycles. The summed E-state index contributed by atoms with van der Waals surface area (Å²) < 4.78 is 10.9. The van der Waals surface area contributed by atoms with Crippen LogP contribution < -0.4 is 14.8 Å². The number of carbonyl (C=O) groups excluding carboxylic acids is 2. The number of pyridine rings is 1. The van der Waals surface area contributed by atoms with Crippen molar-refractivity contribution < 1.29 is 19.1 Å². The van der Waals surface area contributed by atoms with Gasteiger partial charge in [0, 0.05) is 18.8 Å². The number of nitrogens with one attached hydrogen (secondary N) is 1. The van der Waals surface area contributed by atoms with E-state index >= 15 is 0 Å². The Morgan fingerprint density at radius 1 is 1.10 bits per heavy atom. The SMILES string of the molecule is CN1C(=O)c2ccccc2[C@@H](C(=O)Nc2cccnc2)[C@@H]1c1ccc2c(c1)OCO2. The van der Waals surface area contributed by atoms with Crippen LogP contribution in [-0.2, 0) is 4.79 Å². The maximum atomic E-state index is 13.5. The van der Waals surface area contributed by atoms with Gasteiger partial charge in [0.05, 0.1) is 23.8 Å². The van der Waals surface area contributed by atoms with Gasteiger partial charge in [-0.25, -0.2) is 0 Å². The number of ether oxygens (including phenoxy) is 2. The first-order chi connectivity index (χ1) is 14.6. The minimum atomic E-state index is -0.607. The summed E-state index contributed by atoms with van der Waals surface area (Å²) >= 11 is 0. The van der Waals surface area contributed by atoms with Crippen LogP contribution >= 0.6 is 0 Å². The molecule has 1 N–H and O–H groups in total. The second kappa shape index (κ2) is 7.18. The molecule has 0 aliphatic carbocycles. The van der Waals surface area contributed by atoms with Crippen LogP contribution in [-0.4, -0.2) is 35.5 Å². The third kappa shape index (κ3) is 2.95. The number of hydrogen-bond donors (Lipinski definition) is 1. The van der Waals surface area contributed by atoms with E-state index in [0.29, 0.717) is 28.3 Å². The van der Waals surface area contributed by atoms with Gasteiger partial charge in [-0.2, -0.15) is 0 Å². The minimum absolute atomic E-state index is 0.126. The minimum Gasteiger partial charge on any atom is -0.454 e. The van der Waals surface area contributed by atoms with Crippen molar-refractivity contribution in [2.24, 2.45) is 0 Å². The van der Waals surface area contributed by atoms with E-state index in [4.69, 9.17) is 9.47 Å². The molecular formula is C23H19N3O4. The smallest absolute Gasteiger partial charge is 0.254 e. The number of rotatable bonds is 3. The van der Waals surface area contributed by atoms with Gasteiger partial charge < -0.3 is 19.7 Å². The van der Waals surface area contributed by atoms with E-state index in [1.165, 1.54) is 0 Å². The van der Waals surface area contributed by atoms with Gasteiger partial charge in [-0.3, -0.25) is 14.6 Å². The third-order valence-corrected chi connectivity index (χ3v) is 5.53. The van der Waals surface area contributed by atoms with Crippen molar-refractivity contribution in [2.75, 3.05) is 19.2 Å². The first-order valence-electron chi connectivity index (χ1n) is 9.60. The van der Waals surface area contributed by atoms with Gasteiger partial charge in [0.1, 0.15) is 0 Å². The van der Waals surface area contributed by atoms with E-state index in [1.54, 1.807) is 42.5 Å². The molecule has 1 aromatic heterocycles. The van der Waals surface area contributed by atoms with Gasteiger partial charge in [-0.1, -0.05) is 24.3 Å². The molecule has 5 rings (SSSR count). The van der Waals surface area contributed by atoms with Crippen LogP contribution in [0.2, 0.25) is 0 Å². The Bertz CT molecular complexity index is 1130. The molecule has 2 aromatic carbocycles. The molecular weight excluding hydrogens is 382 g/mol. The fraction of sp³-hybridized carbons (Fsp3) is 0.174. The molecule has 150 valence electrons. The zero-order valence-corrected chi connectivity index (χ0v) is 16.2. The Morgan fingerprint density at radius 3 is 2.77 bits per heavy atom. The van der Waals surface area contributed by atoms with E-state index in [1.807, 2.05) is 36.4 Å². The molecule has 0 fully saturated rings. The summed E-state index contributed by atoms with van der Waals surface area (Å²) in [7, 11) is 1.72. The molecule has 7 nitrogen and oxygen atoms in total. The Hall–Kier alpha value is -3.87. The number of likely N-dealkylation sites (N-methyl/N-ethyl adjacent to an activating group) is 1. The predicted octanol–water partition coefficient (Wildman–Crippen LogP) is 3.36. The van der Waals surface area contributed by atoms with Gasteiger partial charge in [0.2, 0.25) is 12.7 Å². The predicted molar refractivity (Wildman–Crippen MR) is 109 cm³/mol. The molecule has 3 heterocycles. The van der Waals surface area contributed by atoms with Crippen LogP contribution in [0.25, 0.3) is 0 Å².